The fourth-order valence-corrected chi connectivity index (χ4v) is 4.22. The molecule has 126 valence electrons. The molecule has 25 heavy (non-hydrogen) atoms. The Hall–Kier alpha value is -2.93. The monoisotopic (exact) mass is 352 g/mol. The molecule has 2 aromatic heterocycles. The Kier molecular flexibility index (Phi) is 3.85. The van der Waals surface area contributed by atoms with Crippen LogP contribution in [0, 0.1) is 0 Å². The second kappa shape index (κ2) is 6.18. The number of hydrogen-bond donors (Lipinski definition) is 3. The highest BCUT2D eigenvalue weighted by molar-refractivity contribution is 7.21. The van der Waals surface area contributed by atoms with Crippen molar-refractivity contribution in [2.75, 3.05) is 12.4 Å². The Bertz CT molecular complexity index is 1010. The second-order valence-electron chi connectivity index (χ2n) is 5.80. The van der Waals surface area contributed by atoms with Gasteiger partial charge in [-0.1, -0.05) is 11.2 Å². The normalized spacial score (nSPS) is 14.7. The first-order valence-electron chi connectivity index (χ1n) is 7.91. The number of nitrogens with zero attached hydrogens (tertiary/aromatic N) is 2. The van der Waals surface area contributed by atoms with E-state index in [-0.39, 0.29) is 5.91 Å². The van der Waals surface area contributed by atoms with Crippen LogP contribution in [0.2, 0.25) is 0 Å². The molecule has 0 unspecified atom stereocenters. The third-order valence-electron chi connectivity index (χ3n) is 4.36. The van der Waals surface area contributed by atoms with Crippen LogP contribution in [0.4, 0.5) is 11.4 Å². The molecule has 6 nitrogen and oxygen atoms in total. The van der Waals surface area contributed by atoms with Crippen LogP contribution >= 0.6 is 11.3 Å². The van der Waals surface area contributed by atoms with E-state index in [1.54, 1.807) is 19.4 Å². The van der Waals surface area contributed by atoms with Crippen molar-refractivity contribution in [2.45, 2.75) is 12.8 Å². The van der Waals surface area contributed by atoms with Gasteiger partial charge in [0.05, 0.1) is 16.1 Å². The van der Waals surface area contributed by atoms with Gasteiger partial charge in [0, 0.05) is 36.1 Å². The molecule has 1 aliphatic rings. The zero-order valence-corrected chi connectivity index (χ0v) is 14.4. The van der Waals surface area contributed by atoms with Gasteiger partial charge in [-0.25, -0.2) is 0 Å². The van der Waals surface area contributed by atoms with Crippen molar-refractivity contribution in [3.05, 3.63) is 52.7 Å². The highest BCUT2D eigenvalue weighted by Crippen LogP contribution is 2.37. The molecule has 1 aliphatic carbocycles. The van der Waals surface area contributed by atoms with Crippen LogP contribution in [0.15, 0.2) is 41.8 Å². The van der Waals surface area contributed by atoms with Crippen molar-refractivity contribution >= 4 is 44.4 Å². The van der Waals surface area contributed by atoms with E-state index < -0.39 is 0 Å². The van der Waals surface area contributed by atoms with Gasteiger partial charge in [0.2, 0.25) is 0 Å². The number of thiophene rings is 1. The number of aromatic nitrogens is 1. The summed E-state index contributed by atoms with van der Waals surface area (Å²) >= 11 is 1.42. The molecule has 0 fully saturated rings. The SMILES string of the molecule is CNC(=O)c1sc2cnccc2c1Nc1ccc2c(c1)CCC2=NO. The summed E-state index contributed by atoms with van der Waals surface area (Å²) in [5.74, 6) is -0.125. The summed E-state index contributed by atoms with van der Waals surface area (Å²) in [6, 6.07) is 7.85. The number of rotatable bonds is 3. The molecule has 0 saturated carbocycles. The van der Waals surface area contributed by atoms with Gasteiger partial charge in [-0.05, 0) is 36.6 Å². The first-order valence-corrected chi connectivity index (χ1v) is 8.72. The third-order valence-corrected chi connectivity index (χ3v) is 5.50. The molecule has 1 aromatic carbocycles. The predicted molar refractivity (Wildman–Crippen MR) is 99.4 cm³/mol. The van der Waals surface area contributed by atoms with Crippen molar-refractivity contribution in [1.82, 2.24) is 10.3 Å². The van der Waals surface area contributed by atoms with Crippen molar-refractivity contribution in [1.29, 1.82) is 0 Å². The number of carbonyl (C=O) groups excluding carboxylic acids is 1. The lowest BCUT2D eigenvalue weighted by atomic mass is 10.1. The number of amides is 1. The summed E-state index contributed by atoms with van der Waals surface area (Å²) in [5.41, 5.74) is 4.54. The zero-order valence-electron chi connectivity index (χ0n) is 13.5. The maximum Gasteiger partial charge on any atom is 0.263 e. The van der Waals surface area contributed by atoms with E-state index in [2.05, 4.69) is 20.8 Å². The molecule has 3 aromatic rings. The summed E-state index contributed by atoms with van der Waals surface area (Å²) in [4.78, 5) is 17.0. The van der Waals surface area contributed by atoms with Gasteiger partial charge < -0.3 is 15.8 Å². The number of nitrogens with one attached hydrogen (secondary N) is 2. The van der Waals surface area contributed by atoms with E-state index in [0.717, 1.165) is 51.1 Å². The van der Waals surface area contributed by atoms with E-state index in [0.29, 0.717) is 4.88 Å². The highest BCUT2D eigenvalue weighted by atomic mass is 32.1. The fourth-order valence-electron chi connectivity index (χ4n) is 3.14. The molecule has 7 heteroatoms. The number of aryl methyl sites for hydroxylation is 1. The van der Waals surface area contributed by atoms with Gasteiger partial charge in [-0.15, -0.1) is 11.3 Å². The average molecular weight is 352 g/mol. The Balaban J connectivity index is 1.77. The largest absolute Gasteiger partial charge is 0.411 e. The van der Waals surface area contributed by atoms with Gasteiger partial charge in [0.25, 0.3) is 5.91 Å². The Morgan fingerprint density at radius 3 is 3.00 bits per heavy atom. The van der Waals surface area contributed by atoms with E-state index >= 15 is 0 Å². The quantitative estimate of drug-likeness (QED) is 0.497. The first kappa shape index (κ1) is 15.6. The van der Waals surface area contributed by atoms with E-state index in [4.69, 9.17) is 5.21 Å². The van der Waals surface area contributed by atoms with Crippen LogP contribution in [0.3, 0.4) is 0 Å². The molecule has 0 atom stereocenters. The van der Waals surface area contributed by atoms with E-state index in [1.807, 2.05) is 24.3 Å². The molecule has 4 rings (SSSR count). The van der Waals surface area contributed by atoms with Crippen LogP contribution < -0.4 is 10.6 Å². The predicted octanol–water partition coefficient (Wildman–Crippen LogP) is 3.52. The highest BCUT2D eigenvalue weighted by Gasteiger charge is 2.21. The van der Waals surface area contributed by atoms with Crippen LogP contribution in [0.25, 0.3) is 10.1 Å². The summed E-state index contributed by atoms with van der Waals surface area (Å²) in [5, 5.41) is 19.5. The van der Waals surface area contributed by atoms with Crippen molar-refractivity contribution in [3.63, 3.8) is 0 Å². The topological polar surface area (TPSA) is 86.6 Å². The van der Waals surface area contributed by atoms with Crippen LogP contribution in [0.1, 0.15) is 27.2 Å². The number of carbonyl (C=O) groups is 1. The lowest BCUT2D eigenvalue weighted by molar-refractivity contribution is 0.0968. The fraction of sp³-hybridized carbons (Fsp3) is 0.167. The maximum absolute atomic E-state index is 12.3. The Morgan fingerprint density at radius 2 is 2.20 bits per heavy atom. The molecule has 3 N–H and O–H groups in total. The number of hydrogen-bond acceptors (Lipinski definition) is 6. The van der Waals surface area contributed by atoms with Gasteiger partial charge in [-0.3, -0.25) is 9.78 Å². The molecule has 0 spiro atoms. The standard InChI is InChI=1S/C18H16N4O2S/c1-19-18(23)17-16(13-6-7-20-9-15(13)25-17)21-11-3-4-12-10(8-11)2-5-14(12)22-24/h3-4,6-9,21,24H,2,5H2,1H3,(H,19,23). The molecule has 0 saturated heterocycles. The number of anilines is 2. The minimum Gasteiger partial charge on any atom is -0.411 e. The summed E-state index contributed by atoms with van der Waals surface area (Å²) in [7, 11) is 1.62. The Morgan fingerprint density at radius 1 is 1.32 bits per heavy atom. The lowest BCUT2D eigenvalue weighted by Gasteiger charge is -2.10. The van der Waals surface area contributed by atoms with Gasteiger partial charge in [0.15, 0.2) is 0 Å². The molecule has 0 aliphatic heterocycles. The summed E-state index contributed by atoms with van der Waals surface area (Å²) < 4.78 is 0.958. The van der Waals surface area contributed by atoms with E-state index in [9.17, 15) is 4.79 Å². The second-order valence-corrected chi connectivity index (χ2v) is 6.85. The molecule has 1 amide bonds. The van der Waals surface area contributed by atoms with Gasteiger partial charge in [0.1, 0.15) is 4.88 Å². The maximum atomic E-state index is 12.3. The molecular weight excluding hydrogens is 336 g/mol. The first-order chi connectivity index (χ1) is 12.2. The number of oxime groups is 1. The lowest BCUT2D eigenvalue weighted by Crippen LogP contribution is -2.17. The third kappa shape index (κ3) is 2.62. The van der Waals surface area contributed by atoms with Crippen molar-refractivity contribution < 1.29 is 10.0 Å². The summed E-state index contributed by atoms with van der Waals surface area (Å²) in [6.07, 6.45) is 5.08. The molecule has 0 bridgehead atoms. The van der Waals surface area contributed by atoms with E-state index in [1.165, 1.54) is 11.3 Å². The molecule has 2 heterocycles. The van der Waals surface area contributed by atoms with Gasteiger partial charge in [-0.2, -0.15) is 0 Å². The molecular formula is C18H16N4O2S. The number of benzene rings is 1. The number of pyridine rings is 1. The van der Waals surface area contributed by atoms with Crippen molar-refractivity contribution in [2.24, 2.45) is 5.16 Å². The molecule has 0 radical (unpaired) electrons. The average Bonchev–Trinajstić information content (AvgIpc) is 3.22. The van der Waals surface area contributed by atoms with Crippen molar-refractivity contribution in [3.8, 4) is 0 Å². The zero-order chi connectivity index (χ0) is 17.4. The summed E-state index contributed by atoms with van der Waals surface area (Å²) in [6.45, 7) is 0. The smallest absolute Gasteiger partial charge is 0.263 e. The number of fused-ring (bicyclic) bond motifs is 2. The minimum absolute atomic E-state index is 0.125. The minimum atomic E-state index is -0.125. The Labute approximate surface area is 148 Å². The van der Waals surface area contributed by atoms with Gasteiger partial charge >= 0.3 is 0 Å². The van der Waals surface area contributed by atoms with Crippen LogP contribution in [-0.2, 0) is 6.42 Å². The van der Waals surface area contributed by atoms with Crippen LogP contribution in [0.5, 0.6) is 0 Å². The van der Waals surface area contributed by atoms with Crippen LogP contribution in [-0.4, -0.2) is 28.9 Å².